The predicted octanol–water partition coefficient (Wildman–Crippen LogP) is 2.51. The van der Waals surface area contributed by atoms with Crippen molar-refractivity contribution in [2.75, 3.05) is 13.7 Å². The molecule has 3 aliphatic rings. The second-order valence-corrected chi connectivity index (χ2v) is 15.2. The van der Waals surface area contributed by atoms with E-state index >= 15 is 0 Å². The maximum Gasteiger partial charge on any atom is 0.335 e. The van der Waals surface area contributed by atoms with Crippen molar-refractivity contribution in [3.63, 3.8) is 0 Å². The molecule has 1 aromatic heterocycles. The molecule has 0 aromatic carbocycles. The number of ether oxygens (including phenoxy) is 6. The smallest absolute Gasteiger partial charge is 0.335 e. The first kappa shape index (κ1) is 42.2. The van der Waals surface area contributed by atoms with Gasteiger partial charge >= 0.3 is 29.8 Å². The van der Waals surface area contributed by atoms with Crippen LogP contribution in [0.15, 0.2) is 35.2 Å². The standard InChI is InChI=1S/C38H50O16/c1-10-19(2)31(45)34(46)53-33-32(51-18-39)30(20(3)38(47)26(42)13-24(37(33,38)8)23-11-12-49-16-23)36(7)25(14-28(43)48-9)35(6,17-50-21(4)40)54-29(44)15-27(36)52-22(5)41/h11-12,16,18-19,24-25,27,30-33,45,47H,3,10,13-15,17H2,1-2,4-9H3/t19-,24+,25+,27+,30-,31-,32-,33+,35-,36-,37-,38-/m1/s1. The van der Waals surface area contributed by atoms with E-state index in [-0.39, 0.29) is 18.5 Å². The fourth-order valence-electron chi connectivity index (χ4n) is 9.16. The van der Waals surface area contributed by atoms with Crippen LogP contribution in [0.1, 0.15) is 85.6 Å². The summed E-state index contributed by atoms with van der Waals surface area (Å²) in [7, 11) is 1.10. The van der Waals surface area contributed by atoms with Crippen LogP contribution in [-0.4, -0.2) is 102 Å². The van der Waals surface area contributed by atoms with Gasteiger partial charge in [0, 0.05) is 43.4 Å². The number of ketones is 1. The van der Waals surface area contributed by atoms with E-state index in [1.165, 1.54) is 33.3 Å². The molecule has 54 heavy (non-hydrogen) atoms. The van der Waals surface area contributed by atoms with Gasteiger partial charge in [-0.2, -0.15) is 0 Å². The first-order valence-electron chi connectivity index (χ1n) is 17.7. The molecule has 1 saturated heterocycles. The van der Waals surface area contributed by atoms with Crippen LogP contribution in [-0.2, 0) is 62.0 Å². The Hall–Kier alpha value is -4.57. The van der Waals surface area contributed by atoms with Crippen LogP contribution < -0.4 is 0 Å². The molecule has 0 unspecified atom stereocenters. The third-order valence-electron chi connectivity index (χ3n) is 12.2. The van der Waals surface area contributed by atoms with Gasteiger partial charge in [0.25, 0.3) is 6.47 Å². The summed E-state index contributed by atoms with van der Waals surface area (Å²) < 4.78 is 39.4. The number of hydrogen-bond donors (Lipinski definition) is 2. The van der Waals surface area contributed by atoms with Crippen LogP contribution in [0.25, 0.3) is 0 Å². The molecule has 3 fully saturated rings. The number of rotatable bonds is 13. The van der Waals surface area contributed by atoms with Crippen LogP contribution >= 0.6 is 0 Å². The number of furan rings is 1. The lowest BCUT2D eigenvalue weighted by molar-refractivity contribution is -0.239. The Labute approximate surface area is 312 Å². The molecule has 2 aliphatic carbocycles. The molecule has 4 rings (SSSR count). The summed E-state index contributed by atoms with van der Waals surface area (Å²) in [6.07, 6.45) is -5.26. The van der Waals surface area contributed by atoms with E-state index in [9.17, 15) is 43.8 Å². The Bertz CT molecular complexity index is 1650. The number of carbonyl (C=O) groups excluding carboxylic acids is 7. The topological polar surface area (TPSA) is 228 Å². The maximum atomic E-state index is 14.4. The highest BCUT2D eigenvalue weighted by atomic mass is 16.6. The number of carbonyl (C=O) groups is 7. The number of aliphatic hydroxyl groups excluding tert-OH is 1. The largest absolute Gasteiger partial charge is 0.472 e. The first-order chi connectivity index (χ1) is 25.2. The Balaban J connectivity index is 2.13. The molecule has 1 aromatic rings. The second-order valence-electron chi connectivity index (χ2n) is 15.2. The van der Waals surface area contributed by atoms with E-state index in [2.05, 4.69) is 6.58 Å². The van der Waals surface area contributed by atoms with Crippen molar-refractivity contribution in [3.05, 3.63) is 36.3 Å². The Kier molecular flexibility index (Phi) is 12.2. The highest BCUT2D eigenvalue weighted by Gasteiger charge is 2.77. The molecule has 12 atom stereocenters. The molecule has 2 saturated carbocycles. The lowest BCUT2D eigenvalue weighted by Crippen LogP contribution is -2.72. The molecule has 2 heterocycles. The lowest BCUT2D eigenvalue weighted by atomic mass is 9.46. The molecular formula is C38H50O16. The molecule has 16 heteroatoms. The van der Waals surface area contributed by atoms with Crippen LogP contribution in [0.4, 0.5) is 0 Å². The van der Waals surface area contributed by atoms with Crippen LogP contribution in [0.2, 0.25) is 0 Å². The van der Waals surface area contributed by atoms with Gasteiger partial charge in [0.05, 0.1) is 37.9 Å². The number of methoxy groups -OCH3 is 1. The van der Waals surface area contributed by atoms with Gasteiger partial charge in [0.1, 0.15) is 30.5 Å². The van der Waals surface area contributed by atoms with E-state index in [4.69, 9.17) is 32.8 Å². The van der Waals surface area contributed by atoms with Crippen molar-refractivity contribution in [3.8, 4) is 0 Å². The van der Waals surface area contributed by atoms with Crippen molar-refractivity contribution >= 4 is 42.1 Å². The summed E-state index contributed by atoms with van der Waals surface area (Å²) in [5.74, 6) is -9.90. The van der Waals surface area contributed by atoms with Gasteiger partial charge in [-0.25, -0.2) is 4.79 Å². The number of aliphatic hydroxyl groups is 2. The molecule has 1 aliphatic heterocycles. The highest BCUT2D eigenvalue weighted by molar-refractivity contribution is 5.96. The Morgan fingerprint density at radius 3 is 2.30 bits per heavy atom. The average Bonchev–Trinajstić information content (AvgIpc) is 3.70. The first-order valence-corrected chi connectivity index (χ1v) is 17.7. The summed E-state index contributed by atoms with van der Waals surface area (Å²) in [5.41, 5.74) is -8.16. The van der Waals surface area contributed by atoms with Gasteiger partial charge in [-0.15, -0.1) is 0 Å². The third kappa shape index (κ3) is 6.93. The van der Waals surface area contributed by atoms with Gasteiger partial charge in [-0.1, -0.05) is 40.7 Å². The van der Waals surface area contributed by atoms with E-state index in [0.29, 0.717) is 12.0 Å². The molecule has 0 radical (unpaired) electrons. The third-order valence-corrected chi connectivity index (χ3v) is 12.2. The van der Waals surface area contributed by atoms with Gasteiger partial charge in [-0.05, 0) is 30.0 Å². The summed E-state index contributed by atoms with van der Waals surface area (Å²) in [5, 5.41) is 24.1. The summed E-state index contributed by atoms with van der Waals surface area (Å²) in [6, 6.07) is 1.56. The fraction of sp³-hybridized carbons (Fsp3) is 0.658. The van der Waals surface area contributed by atoms with Crippen molar-refractivity contribution in [1.29, 1.82) is 0 Å². The van der Waals surface area contributed by atoms with Crippen LogP contribution in [0.5, 0.6) is 0 Å². The summed E-state index contributed by atoms with van der Waals surface area (Å²) in [4.78, 5) is 92.7. The SMILES string of the molecule is C=C1[C@@H]([C@@]2(C)[C@@H](OC(C)=O)CC(=O)O[C@](C)(COC(C)=O)[C@@H]2CC(=O)OC)[C@@H](OC=O)[C@H](OC(=O)[C@H](O)[C@H](C)CC)[C@@]2(C)[C@H](c3ccoc3)CC(=O)[C@]12O. The number of cyclic esters (lactones) is 1. The number of Topliss-reactive ketones (excluding diaryl/α,β-unsaturated/α-hetero) is 1. The van der Waals surface area contributed by atoms with Gasteiger partial charge < -0.3 is 43.1 Å². The van der Waals surface area contributed by atoms with Crippen molar-refractivity contribution < 1.29 is 76.6 Å². The van der Waals surface area contributed by atoms with Gasteiger partial charge in [0.15, 0.2) is 17.5 Å². The van der Waals surface area contributed by atoms with Crippen molar-refractivity contribution in [2.24, 2.45) is 28.6 Å². The minimum absolute atomic E-state index is 0.0597. The maximum absolute atomic E-state index is 14.4. The van der Waals surface area contributed by atoms with Crippen molar-refractivity contribution in [1.82, 2.24) is 0 Å². The molecule has 0 spiro atoms. The lowest BCUT2D eigenvalue weighted by Gasteiger charge is -2.61. The predicted molar refractivity (Wildman–Crippen MR) is 183 cm³/mol. The zero-order valence-corrected chi connectivity index (χ0v) is 31.8. The molecular weight excluding hydrogens is 712 g/mol. The Morgan fingerprint density at radius 1 is 1.09 bits per heavy atom. The minimum atomic E-state index is -2.60. The summed E-state index contributed by atoms with van der Waals surface area (Å²) in [6.45, 7) is 13.5. The number of fused-ring (bicyclic) bond motifs is 1. The van der Waals surface area contributed by atoms with Gasteiger partial charge in [-0.3, -0.25) is 28.8 Å². The molecule has 2 N–H and O–H groups in total. The average molecular weight is 763 g/mol. The Morgan fingerprint density at radius 2 is 1.76 bits per heavy atom. The fourth-order valence-corrected chi connectivity index (χ4v) is 9.16. The highest BCUT2D eigenvalue weighted by Crippen LogP contribution is 2.68. The van der Waals surface area contributed by atoms with Gasteiger partial charge in [0.2, 0.25) is 0 Å². The molecule has 16 nitrogen and oxygen atoms in total. The zero-order chi connectivity index (χ0) is 40.6. The quantitative estimate of drug-likeness (QED) is 0.127. The summed E-state index contributed by atoms with van der Waals surface area (Å²) >= 11 is 0. The van der Waals surface area contributed by atoms with E-state index in [1.54, 1.807) is 19.9 Å². The number of hydrogen-bond acceptors (Lipinski definition) is 16. The number of esters is 5. The monoisotopic (exact) mass is 762 g/mol. The van der Waals surface area contributed by atoms with E-state index in [1.807, 2.05) is 0 Å². The van der Waals surface area contributed by atoms with E-state index < -0.39 is 125 Å². The molecule has 298 valence electrons. The normalized spacial score (nSPS) is 36.1. The minimum Gasteiger partial charge on any atom is -0.472 e. The second kappa shape index (κ2) is 15.7. The van der Waals surface area contributed by atoms with Crippen LogP contribution in [0, 0.1) is 28.6 Å². The van der Waals surface area contributed by atoms with Crippen molar-refractivity contribution in [2.45, 2.75) is 116 Å². The van der Waals surface area contributed by atoms with E-state index in [0.717, 1.165) is 21.0 Å². The molecule has 0 bridgehead atoms. The van der Waals surface area contributed by atoms with Crippen LogP contribution in [0.3, 0.4) is 0 Å². The molecule has 0 amide bonds. The zero-order valence-electron chi connectivity index (χ0n) is 31.8.